The van der Waals surface area contributed by atoms with Gasteiger partial charge in [0.15, 0.2) is 0 Å². The van der Waals surface area contributed by atoms with E-state index in [2.05, 4.69) is 0 Å². The smallest absolute Gasteiger partial charge is 0.370 e. The predicted molar refractivity (Wildman–Crippen MR) is 70.3 cm³/mol. The van der Waals surface area contributed by atoms with Crippen LogP contribution in [0.25, 0.3) is 0 Å². The van der Waals surface area contributed by atoms with Gasteiger partial charge in [-0.25, -0.2) is 4.79 Å². The molecule has 0 aliphatic carbocycles. The van der Waals surface area contributed by atoms with E-state index in [0.29, 0.717) is 13.1 Å². The molecule has 120 valence electrons. The van der Waals surface area contributed by atoms with E-state index in [1.807, 2.05) is 4.90 Å². The summed E-state index contributed by atoms with van der Waals surface area (Å²) in [7, 11) is 0. The van der Waals surface area contributed by atoms with Crippen LogP contribution in [0.3, 0.4) is 0 Å². The molecule has 5 atom stereocenters. The number of aliphatic hydroxyl groups is 4. The molecule has 2 aliphatic heterocycles. The Morgan fingerprint density at radius 2 is 2.00 bits per heavy atom. The molecule has 1 unspecified atom stereocenters. The van der Waals surface area contributed by atoms with Gasteiger partial charge in [-0.3, -0.25) is 4.90 Å². The lowest BCUT2D eigenvalue weighted by molar-refractivity contribution is -0.155. The molecular weight excluding hydrogens is 282 g/mol. The molecule has 1 saturated heterocycles. The van der Waals surface area contributed by atoms with Gasteiger partial charge in [-0.2, -0.15) is 0 Å². The summed E-state index contributed by atoms with van der Waals surface area (Å²) in [5.41, 5.74) is 0. The van der Waals surface area contributed by atoms with Crippen LogP contribution in [0.4, 0.5) is 0 Å². The second-order valence-electron chi connectivity index (χ2n) is 5.38. The van der Waals surface area contributed by atoms with Crippen LogP contribution < -0.4 is 0 Å². The molecule has 2 heterocycles. The maximum Gasteiger partial charge on any atom is 0.370 e. The van der Waals surface area contributed by atoms with Gasteiger partial charge in [-0.15, -0.1) is 0 Å². The highest BCUT2D eigenvalue weighted by molar-refractivity contribution is 5.84. The van der Waals surface area contributed by atoms with Crippen LogP contribution in [0.15, 0.2) is 11.8 Å². The summed E-state index contributed by atoms with van der Waals surface area (Å²) in [5, 5.41) is 47.9. The fourth-order valence-corrected chi connectivity index (χ4v) is 2.89. The number of rotatable bonds is 5. The van der Waals surface area contributed by atoms with E-state index >= 15 is 0 Å². The minimum absolute atomic E-state index is 0.466. The molecule has 0 bridgehead atoms. The largest absolute Gasteiger partial charge is 0.479 e. The Morgan fingerprint density at radius 1 is 1.38 bits per heavy atom. The Hall–Kier alpha value is -1.19. The number of ether oxygens (including phenoxy) is 1. The highest BCUT2D eigenvalue weighted by Gasteiger charge is 2.45. The first-order chi connectivity index (χ1) is 9.95. The second-order valence-corrected chi connectivity index (χ2v) is 5.38. The summed E-state index contributed by atoms with van der Waals surface area (Å²) in [6, 6.07) is -0.660. The molecule has 0 aromatic rings. The number of likely N-dealkylation sites (tertiary alicyclic amines) is 1. The molecule has 0 spiro atoms. The van der Waals surface area contributed by atoms with Crippen molar-refractivity contribution in [3.8, 4) is 0 Å². The van der Waals surface area contributed by atoms with Gasteiger partial charge in [-0.05, 0) is 32.0 Å². The topological polar surface area (TPSA) is 131 Å². The van der Waals surface area contributed by atoms with Gasteiger partial charge in [0.1, 0.15) is 18.3 Å². The minimum atomic E-state index is -1.50. The molecule has 0 radical (unpaired) electrons. The SMILES string of the molecule is O=C(O)C1=C[C@H](O)[C@@H](N2CCCC2)[C@H]([C@H](O)C(O)CO)O1. The average molecular weight is 303 g/mol. The Kier molecular flexibility index (Phi) is 5.17. The molecule has 0 amide bonds. The van der Waals surface area contributed by atoms with Gasteiger partial charge < -0.3 is 30.3 Å². The maximum atomic E-state index is 11.0. The fraction of sp³-hybridized carbons (Fsp3) is 0.769. The van der Waals surface area contributed by atoms with Crippen LogP contribution in [-0.2, 0) is 9.53 Å². The number of carbonyl (C=O) groups is 1. The molecule has 21 heavy (non-hydrogen) atoms. The van der Waals surface area contributed by atoms with Crippen LogP contribution >= 0.6 is 0 Å². The number of nitrogens with zero attached hydrogens (tertiary/aromatic N) is 1. The lowest BCUT2D eigenvalue weighted by atomic mass is 9.93. The van der Waals surface area contributed by atoms with E-state index in [0.717, 1.165) is 18.9 Å². The summed E-state index contributed by atoms with van der Waals surface area (Å²) < 4.78 is 5.27. The molecule has 0 aromatic carbocycles. The van der Waals surface area contributed by atoms with E-state index < -0.39 is 48.8 Å². The van der Waals surface area contributed by atoms with Crippen molar-refractivity contribution in [2.75, 3.05) is 19.7 Å². The van der Waals surface area contributed by atoms with Crippen LogP contribution in [-0.4, -0.2) is 86.6 Å². The third kappa shape index (κ3) is 3.35. The summed E-state index contributed by atoms with van der Waals surface area (Å²) in [6.45, 7) is 0.704. The first-order valence-electron chi connectivity index (χ1n) is 6.96. The van der Waals surface area contributed by atoms with Gasteiger partial charge in [0, 0.05) is 0 Å². The quantitative estimate of drug-likeness (QED) is 0.390. The minimum Gasteiger partial charge on any atom is -0.479 e. The summed E-state index contributed by atoms with van der Waals surface area (Å²) in [6.07, 6.45) is -2.27. The summed E-state index contributed by atoms with van der Waals surface area (Å²) in [4.78, 5) is 12.9. The molecule has 0 aromatic heterocycles. The Bertz CT molecular complexity index is 407. The maximum absolute atomic E-state index is 11.0. The zero-order valence-corrected chi connectivity index (χ0v) is 11.5. The van der Waals surface area contributed by atoms with Gasteiger partial charge in [0.05, 0.1) is 18.8 Å². The van der Waals surface area contributed by atoms with Gasteiger partial charge >= 0.3 is 5.97 Å². The number of hydrogen-bond acceptors (Lipinski definition) is 7. The van der Waals surface area contributed by atoms with Crippen molar-refractivity contribution in [3.05, 3.63) is 11.8 Å². The van der Waals surface area contributed by atoms with Crippen molar-refractivity contribution in [1.82, 2.24) is 4.90 Å². The Balaban J connectivity index is 2.26. The molecule has 2 rings (SSSR count). The van der Waals surface area contributed by atoms with Crippen molar-refractivity contribution in [1.29, 1.82) is 0 Å². The van der Waals surface area contributed by atoms with Crippen LogP contribution in [0.1, 0.15) is 12.8 Å². The molecule has 8 nitrogen and oxygen atoms in total. The molecule has 5 N–H and O–H groups in total. The molecule has 0 saturated carbocycles. The summed E-state index contributed by atoms with van der Waals surface area (Å²) in [5.74, 6) is -1.82. The highest BCUT2D eigenvalue weighted by atomic mass is 16.5. The van der Waals surface area contributed by atoms with E-state index in [4.69, 9.17) is 14.9 Å². The van der Waals surface area contributed by atoms with E-state index in [1.165, 1.54) is 0 Å². The lowest BCUT2D eigenvalue weighted by Gasteiger charge is -2.42. The monoisotopic (exact) mass is 303 g/mol. The number of hydrogen-bond donors (Lipinski definition) is 5. The highest BCUT2D eigenvalue weighted by Crippen LogP contribution is 2.28. The Labute approximate surface area is 121 Å². The zero-order chi connectivity index (χ0) is 15.6. The van der Waals surface area contributed by atoms with Gasteiger partial charge in [0.25, 0.3) is 0 Å². The van der Waals surface area contributed by atoms with Crippen molar-refractivity contribution < 1.29 is 35.1 Å². The average Bonchev–Trinajstić information content (AvgIpc) is 2.98. The first-order valence-corrected chi connectivity index (χ1v) is 6.96. The van der Waals surface area contributed by atoms with Crippen molar-refractivity contribution >= 4 is 5.97 Å². The number of carboxylic acids is 1. The standard InChI is InChI=1S/C13H21NO7/c15-6-8(17)11(18)12-10(14-3-1-2-4-14)7(16)5-9(21-12)13(19)20/h5,7-8,10-12,15-18H,1-4,6H2,(H,19,20)/t7-,8?,10+,11+,12+/m0/s1. The molecule has 8 heteroatoms. The fourth-order valence-electron chi connectivity index (χ4n) is 2.89. The zero-order valence-electron chi connectivity index (χ0n) is 11.5. The first kappa shape index (κ1) is 16.2. The van der Waals surface area contributed by atoms with Crippen LogP contribution in [0.2, 0.25) is 0 Å². The van der Waals surface area contributed by atoms with Gasteiger partial charge in [-0.1, -0.05) is 0 Å². The summed E-state index contributed by atoms with van der Waals surface area (Å²) >= 11 is 0. The molecule has 1 fully saturated rings. The molecule has 2 aliphatic rings. The normalized spacial score (nSPS) is 33.1. The molecular formula is C13H21NO7. The van der Waals surface area contributed by atoms with Crippen molar-refractivity contribution in [2.24, 2.45) is 0 Å². The van der Waals surface area contributed by atoms with Crippen LogP contribution in [0, 0.1) is 0 Å². The Morgan fingerprint density at radius 3 is 2.52 bits per heavy atom. The van der Waals surface area contributed by atoms with Crippen molar-refractivity contribution in [3.63, 3.8) is 0 Å². The predicted octanol–water partition coefficient (Wildman–Crippen LogP) is -2.11. The second kappa shape index (κ2) is 6.71. The number of aliphatic hydroxyl groups excluding tert-OH is 4. The third-order valence-electron chi connectivity index (χ3n) is 3.96. The van der Waals surface area contributed by atoms with E-state index in [1.54, 1.807) is 0 Å². The number of aliphatic carboxylic acids is 1. The lowest BCUT2D eigenvalue weighted by Crippen LogP contribution is -2.59. The van der Waals surface area contributed by atoms with Gasteiger partial charge in [0.2, 0.25) is 5.76 Å². The van der Waals surface area contributed by atoms with Crippen LogP contribution in [0.5, 0.6) is 0 Å². The third-order valence-corrected chi connectivity index (χ3v) is 3.96. The number of carboxylic acid groups (broad SMARTS) is 1. The van der Waals surface area contributed by atoms with Crippen molar-refractivity contribution in [2.45, 2.75) is 43.3 Å². The van der Waals surface area contributed by atoms with E-state index in [9.17, 15) is 20.1 Å². The van der Waals surface area contributed by atoms with E-state index in [-0.39, 0.29) is 0 Å².